The van der Waals surface area contributed by atoms with E-state index in [4.69, 9.17) is 9.47 Å². The van der Waals surface area contributed by atoms with Gasteiger partial charge in [-0.1, -0.05) is 91.5 Å². The number of allylic oxidation sites excluding steroid dienone is 2. The Balaban J connectivity index is 1.97. The molecule has 0 aliphatic heterocycles. The van der Waals surface area contributed by atoms with Gasteiger partial charge in [0.2, 0.25) is 0 Å². The molecule has 3 atom stereocenters. The van der Waals surface area contributed by atoms with Crippen molar-refractivity contribution in [1.82, 2.24) is 0 Å². The van der Waals surface area contributed by atoms with Gasteiger partial charge in [-0.15, -0.1) is 0 Å². The van der Waals surface area contributed by atoms with Crippen molar-refractivity contribution in [3.05, 3.63) is 24.3 Å². The summed E-state index contributed by atoms with van der Waals surface area (Å²) < 4.78 is 11.8. The summed E-state index contributed by atoms with van der Waals surface area (Å²) in [5.74, 6) is 1.32. The zero-order chi connectivity index (χ0) is 24.0. The van der Waals surface area contributed by atoms with Crippen molar-refractivity contribution in [2.75, 3.05) is 6.61 Å². The second-order valence-corrected chi connectivity index (χ2v) is 12.2. The van der Waals surface area contributed by atoms with Gasteiger partial charge in [0.25, 0.3) is 0 Å². The van der Waals surface area contributed by atoms with E-state index in [9.17, 15) is 4.79 Å². The van der Waals surface area contributed by atoms with Gasteiger partial charge in [0, 0.05) is 0 Å². The SMILES string of the molecule is CCC(C)(C)CC(C1C=CC(OCC(=O)OC(C)(C)C2CCCC2)C=CC1)C(C)(C)CC. The van der Waals surface area contributed by atoms with Crippen molar-refractivity contribution in [2.24, 2.45) is 28.6 Å². The van der Waals surface area contributed by atoms with Crippen molar-refractivity contribution >= 4 is 5.97 Å². The largest absolute Gasteiger partial charge is 0.458 e. The highest BCUT2D eigenvalue weighted by Gasteiger charge is 2.37. The summed E-state index contributed by atoms with van der Waals surface area (Å²) in [6, 6.07) is 0. The maximum atomic E-state index is 12.5. The summed E-state index contributed by atoms with van der Waals surface area (Å²) in [7, 11) is 0. The molecule has 0 saturated heterocycles. The van der Waals surface area contributed by atoms with Crippen LogP contribution in [-0.4, -0.2) is 24.3 Å². The predicted molar refractivity (Wildman–Crippen MR) is 135 cm³/mol. The molecule has 2 aliphatic rings. The maximum Gasteiger partial charge on any atom is 0.332 e. The third-order valence-corrected chi connectivity index (χ3v) is 8.55. The highest BCUT2D eigenvalue weighted by molar-refractivity contribution is 5.71. The van der Waals surface area contributed by atoms with Gasteiger partial charge in [0.15, 0.2) is 0 Å². The monoisotopic (exact) mass is 446 g/mol. The summed E-state index contributed by atoms with van der Waals surface area (Å²) in [5, 5.41) is 0. The molecule has 32 heavy (non-hydrogen) atoms. The van der Waals surface area contributed by atoms with E-state index in [1.54, 1.807) is 0 Å². The normalized spacial score (nSPS) is 23.9. The lowest BCUT2D eigenvalue weighted by molar-refractivity contribution is -0.167. The van der Waals surface area contributed by atoms with E-state index in [0.29, 0.717) is 23.2 Å². The second-order valence-electron chi connectivity index (χ2n) is 12.2. The summed E-state index contributed by atoms with van der Waals surface area (Å²) in [6.45, 7) is 18.3. The van der Waals surface area contributed by atoms with Crippen molar-refractivity contribution in [3.8, 4) is 0 Å². The fourth-order valence-corrected chi connectivity index (χ4v) is 5.37. The molecule has 0 spiro atoms. The molecule has 2 aliphatic carbocycles. The number of carbonyl (C=O) groups excluding carboxylic acids is 1. The van der Waals surface area contributed by atoms with Gasteiger partial charge in [-0.3, -0.25) is 0 Å². The molecule has 0 radical (unpaired) electrons. The molecule has 2 rings (SSSR count). The van der Waals surface area contributed by atoms with Crippen LogP contribution in [0.3, 0.4) is 0 Å². The van der Waals surface area contributed by atoms with Gasteiger partial charge in [-0.25, -0.2) is 4.79 Å². The fourth-order valence-electron chi connectivity index (χ4n) is 5.37. The number of rotatable bonds is 11. The van der Waals surface area contributed by atoms with Crippen LogP contribution in [-0.2, 0) is 14.3 Å². The lowest BCUT2D eigenvalue weighted by Gasteiger charge is -2.42. The Morgan fingerprint density at radius 1 is 0.969 bits per heavy atom. The average Bonchev–Trinajstić information content (AvgIpc) is 3.18. The van der Waals surface area contributed by atoms with Crippen LogP contribution in [0.1, 0.15) is 107 Å². The molecule has 0 aromatic heterocycles. The zero-order valence-corrected chi connectivity index (χ0v) is 22.2. The molecular formula is C29H50O3. The van der Waals surface area contributed by atoms with Crippen LogP contribution >= 0.6 is 0 Å². The molecule has 0 aromatic rings. The molecule has 0 heterocycles. The number of hydrogen-bond donors (Lipinski definition) is 0. The van der Waals surface area contributed by atoms with Gasteiger partial charge >= 0.3 is 5.97 Å². The Hall–Kier alpha value is -1.09. The molecule has 0 aromatic carbocycles. The van der Waals surface area contributed by atoms with Gasteiger partial charge in [-0.2, -0.15) is 0 Å². The predicted octanol–water partition coefficient (Wildman–Crippen LogP) is 7.89. The van der Waals surface area contributed by atoms with Crippen LogP contribution in [0.15, 0.2) is 24.3 Å². The first-order chi connectivity index (χ1) is 14.9. The molecule has 3 heteroatoms. The maximum absolute atomic E-state index is 12.5. The summed E-state index contributed by atoms with van der Waals surface area (Å²) in [5.41, 5.74) is 0.223. The Labute approximate surface area is 198 Å². The molecular weight excluding hydrogens is 396 g/mol. The molecule has 184 valence electrons. The Morgan fingerprint density at radius 3 is 2.22 bits per heavy atom. The van der Waals surface area contributed by atoms with Gasteiger partial charge < -0.3 is 9.47 Å². The van der Waals surface area contributed by atoms with Crippen LogP contribution < -0.4 is 0 Å². The smallest absolute Gasteiger partial charge is 0.332 e. The van der Waals surface area contributed by atoms with Crippen LogP contribution in [0.25, 0.3) is 0 Å². The van der Waals surface area contributed by atoms with Gasteiger partial charge in [0.05, 0.1) is 6.10 Å². The Morgan fingerprint density at radius 2 is 1.62 bits per heavy atom. The standard InChI is InChI=1S/C29H50O3/c1-9-27(3,4)20-25(28(5,6)10-2)22-14-13-17-24(19-18-22)31-21-26(30)32-29(7,8)23-15-11-12-16-23/h13,17-19,22-25H,9-12,14-16,20-21H2,1-8H3. The highest BCUT2D eigenvalue weighted by atomic mass is 16.6. The van der Waals surface area contributed by atoms with Crippen molar-refractivity contribution in [2.45, 2.75) is 118 Å². The first-order valence-electron chi connectivity index (χ1n) is 13.1. The number of esters is 1. The van der Waals surface area contributed by atoms with E-state index >= 15 is 0 Å². The zero-order valence-electron chi connectivity index (χ0n) is 22.2. The molecule has 0 amide bonds. The van der Waals surface area contributed by atoms with E-state index in [2.05, 4.69) is 65.8 Å². The van der Waals surface area contributed by atoms with Crippen molar-refractivity contribution in [3.63, 3.8) is 0 Å². The highest BCUT2D eigenvalue weighted by Crippen LogP contribution is 2.46. The van der Waals surface area contributed by atoms with Crippen molar-refractivity contribution in [1.29, 1.82) is 0 Å². The first-order valence-corrected chi connectivity index (χ1v) is 13.1. The van der Waals surface area contributed by atoms with E-state index in [1.807, 2.05) is 13.8 Å². The fraction of sp³-hybridized carbons (Fsp3) is 0.828. The number of hydrogen-bond acceptors (Lipinski definition) is 3. The summed E-state index contributed by atoms with van der Waals surface area (Å²) >= 11 is 0. The van der Waals surface area contributed by atoms with Crippen LogP contribution in [0.4, 0.5) is 0 Å². The molecule has 1 fully saturated rings. The molecule has 3 nitrogen and oxygen atoms in total. The van der Waals surface area contributed by atoms with Crippen LogP contribution in [0.5, 0.6) is 0 Å². The lowest BCUT2D eigenvalue weighted by atomic mass is 9.63. The minimum absolute atomic E-state index is 0.00686. The Kier molecular flexibility index (Phi) is 9.64. The molecule has 0 bridgehead atoms. The summed E-state index contributed by atoms with van der Waals surface area (Å²) in [6.07, 6.45) is 18.1. The number of carbonyl (C=O) groups is 1. The molecule has 1 saturated carbocycles. The quantitative estimate of drug-likeness (QED) is 0.239. The van der Waals surface area contributed by atoms with E-state index in [0.717, 1.165) is 19.3 Å². The number of ether oxygens (including phenoxy) is 2. The molecule has 3 unspecified atom stereocenters. The van der Waals surface area contributed by atoms with E-state index in [1.165, 1.54) is 32.1 Å². The first kappa shape index (κ1) is 27.2. The minimum Gasteiger partial charge on any atom is -0.458 e. The lowest BCUT2D eigenvalue weighted by Crippen LogP contribution is -2.37. The van der Waals surface area contributed by atoms with Crippen LogP contribution in [0.2, 0.25) is 0 Å². The van der Waals surface area contributed by atoms with E-state index in [-0.39, 0.29) is 24.1 Å². The van der Waals surface area contributed by atoms with Gasteiger partial charge in [-0.05, 0) is 68.1 Å². The topological polar surface area (TPSA) is 35.5 Å². The third-order valence-electron chi connectivity index (χ3n) is 8.55. The molecule has 0 N–H and O–H groups in total. The third kappa shape index (κ3) is 7.75. The minimum atomic E-state index is -0.401. The average molecular weight is 447 g/mol. The van der Waals surface area contributed by atoms with E-state index < -0.39 is 5.60 Å². The summed E-state index contributed by atoms with van der Waals surface area (Å²) in [4.78, 5) is 12.5. The van der Waals surface area contributed by atoms with Crippen molar-refractivity contribution < 1.29 is 14.3 Å². The van der Waals surface area contributed by atoms with Gasteiger partial charge in [0.1, 0.15) is 12.2 Å². The Bertz CT molecular complexity index is 649. The van der Waals surface area contributed by atoms with Crippen LogP contribution in [0, 0.1) is 28.6 Å². The second kappa shape index (κ2) is 11.4.